The molecule has 0 radical (unpaired) electrons. The van der Waals surface area contributed by atoms with Crippen LogP contribution in [0.3, 0.4) is 0 Å². The van der Waals surface area contributed by atoms with Gasteiger partial charge in [-0.15, -0.1) is 0 Å². The first-order valence-electron chi connectivity index (χ1n) is 7.88. The van der Waals surface area contributed by atoms with Gasteiger partial charge in [-0.05, 0) is 18.3 Å². The van der Waals surface area contributed by atoms with Crippen LogP contribution in [-0.4, -0.2) is 35.5 Å². The molecule has 1 fully saturated rings. The zero-order chi connectivity index (χ0) is 15.1. The Morgan fingerprint density at radius 1 is 1.20 bits per heavy atom. The fraction of sp³-hybridized carbons (Fsp3) is 0.875. The molecular weight excluding hydrogens is 254 g/mol. The van der Waals surface area contributed by atoms with Gasteiger partial charge in [0.1, 0.15) is 0 Å². The Labute approximate surface area is 122 Å². The highest BCUT2D eigenvalue weighted by atomic mass is 16.4. The molecule has 1 amide bonds. The predicted octanol–water partition coefficient (Wildman–Crippen LogP) is 3.16. The highest BCUT2D eigenvalue weighted by molar-refractivity contribution is 5.79. The van der Waals surface area contributed by atoms with E-state index in [0.29, 0.717) is 18.4 Å². The molecule has 20 heavy (non-hydrogen) atoms. The predicted molar refractivity (Wildman–Crippen MR) is 79.4 cm³/mol. The van der Waals surface area contributed by atoms with E-state index >= 15 is 0 Å². The molecule has 0 aromatic heterocycles. The number of carboxylic acids is 1. The molecule has 0 saturated heterocycles. The van der Waals surface area contributed by atoms with E-state index < -0.39 is 5.97 Å². The maximum absolute atomic E-state index is 12.5. The van der Waals surface area contributed by atoms with Crippen molar-refractivity contribution in [1.82, 2.24) is 4.90 Å². The van der Waals surface area contributed by atoms with Crippen LogP contribution in [0.5, 0.6) is 0 Å². The van der Waals surface area contributed by atoms with Gasteiger partial charge < -0.3 is 10.0 Å². The summed E-state index contributed by atoms with van der Waals surface area (Å²) >= 11 is 0. The van der Waals surface area contributed by atoms with E-state index in [0.717, 1.165) is 6.42 Å². The summed E-state index contributed by atoms with van der Waals surface area (Å²) in [5.41, 5.74) is 0. The number of amides is 1. The number of rotatable bonds is 7. The van der Waals surface area contributed by atoms with Crippen LogP contribution in [0.2, 0.25) is 0 Å². The number of carboxylic acid groups (broad SMARTS) is 1. The number of hydrogen-bond donors (Lipinski definition) is 1. The molecule has 0 aromatic rings. The van der Waals surface area contributed by atoms with Gasteiger partial charge in [0.05, 0.1) is 6.42 Å². The molecule has 1 N–H and O–H groups in total. The molecule has 4 heteroatoms. The second kappa shape index (κ2) is 8.28. The molecular formula is C16H29NO3. The Hall–Kier alpha value is -1.06. The molecule has 1 rings (SSSR count). The Morgan fingerprint density at radius 3 is 2.30 bits per heavy atom. The van der Waals surface area contributed by atoms with Crippen LogP contribution in [0.4, 0.5) is 0 Å². The number of aliphatic carboxylic acids is 1. The van der Waals surface area contributed by atoms with Gasteiger partial charge in [-0.2, -0.15) is 0 Å². The lowest BCUT2D eigenvalue weighted by Gasteiger charge is -2.30. The fourth-order valence-electron chi connectivity index (χ4n) is 3.10. The maximum atomic E-state index is 12.5. The van der Waals surface area contributed by atoms with E-state index in [9.17, 15) is 9.59 Å². The second-order valence-electron chi connectivity index (χ2n) is 6.49. The topological polar surface area (TPSA) is 57.6 Å². The molecule has 116 valence electrons. The first kappa shape index (κ1) is 17.0. The minimum absolute atomic E-state index is 0.0243. The average Bonchev–Trinajstić information content (AvgIpc) is 2.42. The van der Waals surface area contributed by atoms with Gasteiger partial charge in [-0.25, -0.2) is 0 Å². The maximum Gasteiger partial charge on any atom is 0.305 e. The van der Waals surface area contributed by atoms with Gasteiger partial charge in [0.25, 0.3) is 0 Å². The van der Waals surface area contributed by atoms with Crippen LogP contribution < -0.4 is 0 Å². The van der Waals surface area contributed by atoms with Gasteiger partial charge in [0.2, 0.25) is 5.91 Å². The molecule has 0 aromatic carbocycles. The van der Waals surface area contributed by atoms with E-state index in [-0.39, 0.29) is 18.2 Å². The van der Waals surface area contributed by atoms with Crippen LogP contribution >= 0.6 is 0 Å². The number of nitrogens with zero attached hydrogens (tertiary/aromatic N) is 1. The standard InChI is InChI=1S/C16H29NO3/c1-12(2)14(11-13-7-5-4-6-8-13)16(20)17(3)10-9-15(18)19/h12-14H,4-11H2,1-3H3,(H,18,19). The van der Waals surface area contributed by atoms with Gasteiger partial charge in [-0.3, -0.25) is 9.59 Å². The summed E-state index contributed by atoms with van der Waals surface area (Å²) in [7, 11) is 1.72. The molecule has 0 aliphatic heterocycles. The Morgan fingerprint density at radius 2 is 1.80 bits per heavy atom. The lowest BCUT2D eigenvalue weighted by Crippen LogP contribution is -2.37. The number of carbonyl (C=O) groups excluding carboxylic acids is 1. The normalized spacial score (nSPS) is 18.0. The highest BCUT2D eigenvalue weighted by Gasteiger charge is 2.28. The van der Waals surface area contributed by atoms with Crippen LogP contribution in [0, 0.1) is 17.8 Å². The third-order valence-corrected chi connectivity index (χ3v) is 4.47. The monoisotopic (exact) mass is 283 g/mol. The SMILES string of the molecule is CC(C)C(CC1CCCCC1)C(=O)N(C)CCC(=O)O. The van der Waals surface area contributed by atoms with Gasteiger partial charge in [-0.1, -0.05) is 46.0 Å². The van der Waals surface area contributed by atoms with E-state index in [2.05, 4.69) is 13.8 Å². The second-order valence-corrected chi connectivity index (χ2v) is 6.49. The summed E-state index contributed by atoms with van der Waals surface area (Å²) in [5, 5.41) is 8.72. The van der Waals surface area contributed by atoms with Gasteiger partial charge in [0, 0.05) is 19.5 Å². The van der Waals surface area contributed by atoms with Crippen LogP contribution in [0.1, 0.15) is 58.8 Å². The molecule has 1 unspecified atom stereocenters. The summed E-state index contributed by atoms with van der Waals surface area (Å²) in [4.78, 5) is 24.7. The quantitative estimate of drug-likeness (QED) is 0.780. The zero-order valence-electron chi connectivity index (χ0n) is 13.1. The van der Waals surface area contributed by atoms with E-state index in [1.165, 1.54) is 32.1 Å². The van der Waals surface area contributed by atoms with Crippen LogP contribution in [0.15, 0.2) is 0 Å². The van der Waals surface area contributed by atoms with Crippen molar-refractivity contribution in [3.05, 3.63) is 0 Å². The summed E-state index contributed by atoms with van der Waals surface area (Å²) in [6.07, 6.45) is 7.39. The third kappa shape index (κ3) is 5.51. The smallest absolute Gasteiger partial charge is 0.305 e. The van der Waals surface area contributed by atoms with Crippen molar-refractivity contribution in [1.29, 1.82) is 0 Å². The van der Waals surface area contributed by atoms with Gasteiger partial charge >= 0.3 is 5.97 Å². The van der Waals surface area contributed by atoms with Crippen molar-refractivity contribution in [3.8, 4) is 0 Å². The van der Waals surface area contributed by atoms with Crippen molar-refractivity contribution in [2.45, 2.75) is 58.8 Å². The molecule has 0 spiro atoms. The number of hydrogen-bond acceptors (Lipinski definition) is 2. The molecule has 1 aliphatic rings. The minimum atomic E-state index is -0.849. The highest BCUT2D eigenvalue weighted by Crippen LogP contribution is 2.32. The number of carbonyl (C=O) groups is 2. The Bertz CT molecular complexity index is 322. The van der Waals surface area contributed by atoms with Crippen LogP contribution in [-0.2, 0) is 9.59 Å². The van der Waals surface area contributed by atoms with E-state index in [1.54, 1.807) is 11.9 Å². The summed E-state index contributed by atoms with van der Waals surface area (Å²) in [6, 6.07) is 0. The van der Waals surface area contributed by atoms with Gasteiger partial charge in [0.15, 0.2) is 0 Å². The Balaban J connectivity index is 2.54. The largest absolute Gasteiger partial charge is 0.481 e. The average molecular weight is 283 g/mol. The van der Waals surface area contributed by atoms with Crippen molar-refractivity contribution in [2.75, 3.05) is 13.6 Å². The van der Waals surface area contributed by atoms with Crippen LogP contribution in [0.25, 0.3) is 0 Å². The lowest BCUT2D eigenvalue weighted by molar-refractivity contribution is -0.140. The fourth-order valence-corrected chi connectivity index (χ4v) is 3.10. The first-order chi connectivity index (χ1) is 9.41. The lowest BCUT2D eigenvalue weighted by atomic mass is 9.79. The minimum Gasteiger partial charge on any atom is -0.481 e. The summed E-state index contributed by atoms with van der Waals surface area (Å²) in [6.45, 7) is 4.49. The van der Waals surface area contributed by atoms with Crippen molar-refractivity contribution in [3.63, 3.8) is 0 Å². The zero-order valence-corrected chi connectivity index (χ0v) is 13.1. The third-order valence-electron chi connectivity index (χ3n) is 4.47. The molecule has 4 nitrogen and oxygen atoms in total. The molecule has 0 heterocycles. The van der Waals surface area contributed by atoms with E-state index in [4.69, 9.17) is 5.11 Å². The summed E-state index contributed by atoms with van der Waals surface area (Å²) < 4.78 is 0. The molecule has 0 bridgehead atoms. The van der Waals surface area contributed by atoms with E-state index in [1.807, 2.05) is 0 Å². The van der Waals surface area contributed by atoms with Crippen molar-refractivity contribution < 1.29 is 14.7 Å². The molecule has 1 atom stereocenters. The van der Waals surface area contributed by atoms with Crippen molar-refractivity contribution in [2.24, 2.45) is 17.8 Å². The Kier molecular flexibility index (Phi) is 7.03. The molecule has 1 saturated carbocycles. The summed E-state index contributed by atoms with van der Waals surface area (Å²) in [5.74, 6) is 0.298. The first-order valence-corrected chi connectivity index (χ1v) is 7.88. The van der Waals surface area contributed by atoms with Crippen molar-refractivity contribution >= 4 is 11.9 Å². The molecule has 1 aliphatic carbocycles.